The Bertz CT molecular complexity index is 554. The van der Waals surface area contributed by atoms with Crippen molar-refractivity contribution in [1.82, 2.24) is 15.5 Å². The highest BCUT2D eigenvalue weighted by Gasteiger charge is 2.39. The minimum atomic E-state index is 0. The second kappa shape index (κ2) is 11.6. The lowest BCUT2D eigenvalue weighted by Crippen LogP contribution is -2.58. The van der Waals surface area contributed by atoms with Crippen molar-refractivity contribution in [1.29, 1.82) is 0 Å². The van der Waals surface area contributed by atoms with Gasteiger partial charge in [-0.1, -0.05) is 13.0 Å². The van der Waals surface area contributed by atoms with Gasteiger partial charge in [0, 0.05) is 43.8 Å². The van der Waals surface area contributed by atoms with Crippen molar-refractivity contribution in [3.8, 4) is 0 Å². The van der Waals surface area contributed by atoms with E-state index in [0.717, 1.165) is 51.5 Å². The molecule has 2 fully saturated rings. The number of thiophene rings is 1. The molecule has 2 saturated heterocycles. The summed E-state index contributed by atoms with van der Waals surface area (Å²) in [6, 6.07) is 4.35. The van der Waals surface area contributed by atoms with Crippen LogP contribution in [0.3, 0.4) is 0 Å². The third-order valence-corrected chi connectivity index (χ3v) is 6.66. The summed E-state index contributed by atoms with van der Waals surface area (Å²) in [7, 11) is 1.87. The van der Waals surface area contributed by atoms with E-state index in [1.807, 2.05) is 18.4 Å². The Morgan fingerprint density at radius 1 is 1.30 bits per heavy atom. The molecule has 154 valence electrons. The summed E-state index contributed by atoms with van der Waals surface area (Å²) in [6.45, 7) is 8.40. The van der Waals surface area contributed by atoms with Crippen LogP contribution in [0.2, 0.25) is 0 Å². The fourth-order valence-corrected chi connectivity index (χ4v) is 5.00. The number of nitrogens with one attached hydrogen (secondary N) is 2. The molecule has 0 aromatic carbocycles. The van der Waals surface area contributed by atoms with Gasteiger partial charge in [-0.25, -0.2) is 0 Å². The first kappa shape index (κ1) is 22.9. The third kappa shape index (κ3) is 6.58. The van der Waals surface area contributed by atoms with E-state index >= 15 is 0 Å². The molecule has 1 aromatic heterocycles. The van der Waals surface area contributed by atoms with Gasteiger partial charge in [-0.05, 0) is 62.6 Å². The predicted octanol–water partition coefficient (Wildman–Crippen LogP) is 3.35. The Balaban J connectivity index is 0.00000261. The average Bonchev–Trinajstić information content (AvgIpc) is 3.37. The van der Waals surface area contributed by atoms with Crippen molar-refractivity contribution < 1.29 is 4.74 Å². The van der Waals surface area contributed by atoms with E-state index in [2.05, 4.69) is 45.0 Å². The number of halogens is 1. The zero-order valence-electron chi connectivity index (χ0n) is 16.7. The molecule has 1 unspecified atom stereocenters. The number of rotatable bonds is 7. The van der Waals surface area contributed by atoms with Crippen LogP contribution in [0.4, 0.5) is 0 Å². The summed E-state index contributed by atoms with van der Waals surface area (Å²) in [5.74, 6) is 1.51. The van der Waals surface area contributed by atoms with Crippen molar-refractivity contribution in [2.45, 2.75) is 44.6 Å². The first-order chi connectivity index (χ1) is 12.7. The molecular formula is C20H35IN4OS. The molecule has 0 radical (unpaired) electrons. The lowest BCUT2D eigenvalue weighted by atomic mass is 9.88. The summed E-state index contributed by atoms with van der Waals surface area (Å²) in [6.07, 6.45) is 6.01. The Kier molecular flexibility index (Phi) is 9.82. The molecule has 27 heavy (non-hydrogen) atoms. The highest BCUT2D eigenvalue weighted by Crippen LogP contribution is 2.30. The molecule has 7 heteroatoms. The maximum absolute atomic E-state index is 5.65. The maximum Gasteiger partial charge on any atom is 0.191 e. The molecule has 2 aliphatic rings. The molecule has 0 aliphatic carbocycles. The lowest BCUT2D eigenvalue weighted by Gasteiger charge is -2.45. The van der Waals surface area contributed by atoms with Crippen LogP contribution in [0.5, 0.6) is 0 Å². The van der Waals surface area contributed by atoms with Gasteiger partial charge >= 0.3 is 0 Å². The molecular weight excluding hydrogens is 471 g/mol. The topological polar surface area (TPSA) is 48.9 Å². The molecule has 3 heterocycles. The average molecular weight is 506 g/mol. The number of guanidine groups is 1. The van der Waals surface area contributed by atoms with E-state index in [4.69, 9.17) is 4.74 Å². The number of ether oxygens (including phenoxy) is 1. The minimum Gasteiger partial charge on any atom is -0.381 e. The number of hydrogen-bond donors (Lipinski definition) is 2. The Labute approximate surface area is 185 Å². The van der Waals surface area contributed by atoms with Crippen LogP contribution in [0.15, 0.2) is 22.5 Å². The van der Waals surface area contributed by atoms with Crippen LogP contribution >= 0.6 is 35.3 Å². The second-order valence-corrected chi connectivity index (χ2v) is 8.76. The first-order valence-corrected chi connectivity index (χ1v) is 10.9. The van der Waals surface area contributed by atoms with Crippen molar-refractivity contribution in [3.63, 3.8) is 0 Å². The molecule has 3 rings (SSSR count). The van der Waals surface area contributed by atoms with Crippen LogP contribution in [-0.4, -0.2) is 62.8 Å². The highest BCUT2D eigenvalue weighted by atomic mass is 127. The van der Waals surface area contributed by atoms with E-state index in [-0.39, 0.29) is 29.5 Å². The first-order valence-electron chi connectivity index (χ1n) is 10.0. The molecule has 2 aliphatic heterocycles. The summed E-state index contributed by atoms with van der Waals surface area (Å²) < 4.78 is 5.65. The molecule has 0 saturated carbocycles. The fraction of sp³-hybridized carbons (Fsp3) is 0.750. The van der Waals surface area contributed by atoms with Crippen LogP contribution in [0, 0.1) is 5.92 Å². The molecule has 1 atom stereocenters. The Morgan fingerprint density at radius 2 is 2.04 bits per heavy atom. The van der Waals surface area contributed by atoms with Gasteiger partial charge in [-0.2, -0.15) is 0 Å². The van der Waals surface area contributed by atoms with E-state index in [9.17, 15) is 0 Å². The Hall–Kier alpha value is -0.380. The van der Waals surface area contributed by atoms with Crippen LogP contribution in [0.1, 0.15) is 37.5 Å². The zero-order valence-corrected chi connectivity index (χ0v) is 19.9. The number of likely N-dealkylation sites (tertiary alicyclic amines) is 1. The summed E-state index contributed by atoms with van der Waals surface area (Å²) >= 11 is 1.84. The van der Waals surface area contributed by atoms with E-state index in [0.29, 0.717) is 5.92 Å². The number of hydrogen-bond acceptors (Lipinski definition) is 4. The zero-order chi connectivity index (χ0) is 18.2. The van der Waals surface area contributed by atoms with Gasteiger partial charge in [0.05, 0.1) is 0 Å². The molecule has 5 nitrogen and oxygen atoms in total. The van der Waals surface area contributed by atoms with E-state index in [1.165, 1.54) is 30.8 Å². The Morgan fingerprint density at radius 3 is 2.67 bits per heavy atom. The summed E-state index contributed by atoms with van der Waals surface area (Å²) in [5, 5.41) is 9.29. The standard InChI is InChI=1S/C20H34N4OS.HI/c1-17(14-18-6-5-13-26-18)15-22-19(21-2)23-16-20(7-11-25-12-8-20)24-9-3-4-10-24;/h5-6,13,17H,3-4,7-12,14-16H2,1-2H3,(H2,21,22,23);1H. The van der Waals surface area contributed by atoms with Gasteiger partial charge in [0.15, 0.2) is 5.96 Å². The predicted molar refractivity (Wildman–Crippen MR) is 126 cm³/mol. The van der Waals surface area contributed by atoms with Crippen LogP contribution in [-0.2, 0) is 11.2 Å². The van der Waals surface area contributed by atoms with Gasteiger partial charge in [-0.3, -0.25) is 9.89 Å². The van der Waals surface area contributed by atoms with Gasteiger partial charge in [-0.15, -0.1) is 35.3 Å². The van der Waals surface area contributed by atoms with Gasteiger partial charge in [0.2, 0.25) is 0 Å². The third-order valence-electron chi connectivity index (χ3n) is 5.76. The number of aliphatic imine (C=N–C) groups is 1. The van der Waals surface area contributed by atoms with Crippen molar-refractivity contribution in [2.75, 3.05) is 46.4 Å². The second-order valence-electron chi connectivity index (χ2n) is 7.73. The van der Waals surface area contributed by atoms with Crippen LogP contribution < -0.4 is 10.6 Å². The fourth-order valence-electron chi connectivity index (χ4n) is 4.13. The van der Waals surface area contributed by atoms with E-state index in [1.54, 1.807) is 0 Å². The lowest BCUT2D eigenvalue weighted by molar-refractivity contribution is -0.0164. The van der Waals surface area contributed by atoms with Crippen molar-refractivity contribution in [3.05, 3.63) is 22.4 Å². The van der Waals surface area contributed by atoms with Gasteiger partial charge in [0.1, 0.15) is 0 Å². The molecule has 0 spiro atoms. The molecule has 0 amide bonds. The highest BCUT2D eigenvalue weighted by molar-refractivity contribution is 14.0. The smallest absolute Gasteiger partial charge is 0.191 e. The SMILES string of the molecule is CN=C(NCC(C)Cc1cccs1)NCC1(N2CCCC2)CCOCC1.I. The van der Waals surface area contributed by atoms with Crippen LogP contribution in [0.25, 0.3) is 0 Å². The molecule has 2 N–H and O–H groups in total. The summed E-state index contributed by atoms with van der Waals surface area (Å²) in [4.78, 5) is 8.59. The van der Waals surface area contributed by atoms with Gasteiger partial charge in [0.25, 0.3) is 0 Å². The largest absolute Gasteiger partial charge is 0.381 e. The van der Waals surface area contributed by atoms with Crippen molar-refractivity contribution >= 4 is 41.3 Å². The molecule has 0 bridgehead atoms. The van der Waals surface area contributed by atoms with Gasteiger partial charge < -0.3 is 15.4 Å². The quantitative estimate of drug-likeness (QED) is 0.339. The van der Waals surface area contributed by atoms with E-state index < -0.39 is 0 Å². The van der Waals surface area contributed by atoms with Crippen molar-refractivity contribution in [2.24, 2.45) is 10.9 Å². The molecule has 1 aromatic rings. The monoisotopic (exact) mass is 506 g/mol. The maximum atomic E-state index is 5.65. The summed E-state index contributed by atoms with van der Waals surface area (Å²) in [5.41, 5.74) is 0.231. The minimum absolute atomic E-state index is 0. The normalized spacial score (nSPS) is 21.5. The number of nitrogens with zero attached hydrogens (tertiary/aromatic N) is 2.